The van der Waals surface area contributed by atoms with Crippen LogP contribution in [-0.4, -0.2) is 65.0 Å². The van der Waals surface area contributed by atoms with Crippen LogP contribution in [0.3, 0.4) is 0 Å². The summed E-state index contributed by atoms with van der Waals surface area (Å²) in [6, 6.07) is 16.3. The zero-order valence-electron chi connectivity index (χ0n) is 21.5. The summed E-state index contributed by atoms with van der Waals surface area (Å²) in [4.78, 5) is 21.4. The van der Waals surface area contributed by atoms with Crippen LogP contribution in [0, 0.1) is 13.8 Å². The number of aryl methyl sites for hydroxylation is 1. The van der Waals surface area contributed by atoms with E-state index in [9.17, 15) is 4.79 Å². The first-order valence-electron chi connectivity index (χ1n) is 12.7. The summed E-state index contributed by atoms with van der Waals surface area (Å²) >= 11 is 5.71. The fourth-order valence-corrected chi connectivity index (χ4v) is 5.68. The van der Waals surface area contributed by atoms with Gasteiger partial charge in [0.2, 0.25) is 0 Å². The molecule has 0 bridgehead atoms. The van der Waals surface area contributed by atoms with Gasteiger partial charge in [-0.1, -0.05) is 6.07 Å². The van der Waals surface area contributed by atoms with E-state index in [1.807, 2.05) is 30.0 Å². The molecule has 2 fully saturated rings. The highest BCUT2D eigenvalue weighted by Gasteiger charge is 2.42. The monoisotopic (exact) mass is 519 g/mol. The molecule has 0 saturated carbocycles. The summed E-state index contributed by atoms with van der Waals surface area (Å²) in [5.74, 6) is -0.300. The highest BCUT2D eigenvalue weighted by Crippen LogP contribution is 2.41. The largest absolute Gasteiger partial charge is 0.465 e. The molecule has 9 heteroatoms. The van der Waals surface area contributed by atoms with Gasteiger partial charge in [-0.25, -0.2) is 0 Å². The number of aromatic nitrogens is 2. The molecule has 194 valence electrons. The Bertz CT molecular complexity index is 1250. The molecular weight excluding hydrogens is 486 g/mol. The molecule has 8 nitrogen and oxygen atoms in total. The minimum absolute atomic E-state index is 0.0750. The molecule has 1 aromatic carbocycles. The van der Waals surface area contributed by atoms with Crippen LogP contribution in [-0.2, 0) is 14.3 Å². The molecule has 1 N–H and O–H groups in total. The Morgan fingerprint density at radius 2 is 1.86 bits per heavy atom. The van der Waals surface area contributed by atoms with E-state index in [2.05, 4.69) is 63.9 Å². The fourth-order valence-electron chi connectivity index (χ4n) is 5.38. The van der Waals surface area contributed by atoms with E-state index >= 15 is 0 Å². The maximum absolute atomic E-state index is 12.5. The second-order valence-electron chi connectivity index (χ2n) is 9.34. The molecule has 0 aliphatic carbocycles. The van der Waals surface area contributed by atoms with Crippen molar-refractivity contribution in [3.63, 3.8) is 0 Å². The van der Waals surface area contributed by atoms with Gasteiger partial charge in [-0.05, 0) is 81.0 Å². The average molecular weight is 520 g/mol. The number of hydrogen-bond donors (Lipinski definition) is 1. The number of esters is 1. The Hall–Kier alpha value is -3.43. The number of carbonyl (C=O) groups excluding carboxylic acids is 1. The van der Waals surface area contributed by atoms with Crippen molar-refractivity contribution in [3.05, 3.63) is 77.4 Å². The van der Waals surface area contributed by atoms with Crippen molar-refractivity contribution in [3.8, 4) is 5.69 Å². The highest BCUT2D eigenvalue weighted by molar-refractivity contribution is 7.80. The molecule has 2 aliphatic heterocycles. The summed E-state index contributed by atoms with van der Waals surface area (Å²) in [6.45, 7) is 9.79. The number of morpholine rings is 1. The number of ether oxygens (including phenoxy) is 2. The standard InChI is InChI=1S/C28H33N5O3S/c1-4-36-25(34)18-32-27(26(30-28(32)37)24-7-5-6-12-29-24)23-17-19(2)33(20(23)3)22-10-8-21(9-11-22)31-13-15-35-16-14-31/h5-12,17,26-27H,4,13-16,18H2,1-3H3,(H,30,37)/t26-,27-/m0/s1. The number of benzene rings is 1. The molecule has 3 aromatic rings. The van der Waals surface area contributed by atoms with Gasteiger partial charge in [0.1, 0.15) is 6.54 Å². The van der Waals surface area contributed by atoms with Crippen molar-refractivity contribution >= 4 is 29.0 Å². The Kier molecular flexibility index (Phi) is 7.43. The van der Waals surface area contributed by atoms with Crippen LogP contribution in [0.1, 0.15) is 41.7 Å². The third-order valence-electron chi connectivity index (χ3n) is 7.08. The van der Waals surface area contributed by atoms with Gasteiger partial charge >= 0.3 is 5.97 Å². The number of anilines is 1. The minimum Gasteiger partial charge on any atom is -0.465 e. The fraction of sp³-hybridized carbons (Fsp3) is 0.393. The molecule has 4 heterocycles. The van der Waals surface area contributed by atoms with Crippen LogP contribution in [0.4, 0.5) is 5.69 Å². The summed E-state index contributed by atoms with van der Waals surface area (Å²) in [5.41, 5.74) is 6.49. The second-order valence-corrected chi connectivity index (χ2v) is 9.72. The van der Waals surface area contributed by atoms with E-state index in [1.165, 1.54) is 5.69 Å². The molecule has 0 amide bonds. The predicted octanol–water partition coefficient (Wildman–Crippen LogP) is 3.86. The predicted molar refractivity (Wildman–Crippen MR) is 147 cm³/mol. The van der Waals surface area contributed by atoms with Crippen LogP contribution in [0.5, 0.6) is 0 Å². The molecule has 37 heavy (non-hydrogen) atoms. The summed E-state index contributed by atoms with van der Waals surface area (Å²) in [5, 5.41) is 3.94. The van der Waals surface area contributed by atoms with Gasteiger partial charge in [0.15, 0.2) is 5.11 Å². The Morgan fingerprint density at radius 1 is 1.14 bits per heavy atom. The van der Waals surface area contributed by atoms with Crippen LogP contribution >= 0.6 is 12.2 Å². The van der Waals surface area contributed by atoms with Crippen LogP contribution in [0.15, 0.2) is 54.7 Å². The lowest BCUT2D eigenvalue weighted by Crippen LogP contribution is -2.36. The van der Waals surface area contributed by atoms with E-state index < -0.39 is 0 Å². The Balaban J connectivity index is 1.51. The average Bonchev–Trinajstić information content (AvgIpc) is 3.39. The van der Waals surface area contributed by atoms with E-state index in [0.29, 0.717) is 11.7 Å². The number of thiocarbonyl (C=S) groups is 1. The number of nitrogens with one attached hydrogen (secondary N) is 1. The van der Waals surface area contributed by atoms with Gasteiger partial charge in [-0.2, -0.15) is 0 Å². The molecule has 2 saturated heterocycles. The summed E-state index contributed by atoms with van der Waals surface area (Å²) < 4.78 is 13.0. The van der Waals surface area contributed by atoms with E-state index in [4.69, 9.17) is 21.7 Å². The van der Waals surface area contributed by atoms with Crippen molar-refractivity contribution in [2.75, 3.05) is 44.4 Å². The van der Waals surface area contributed by atoms with Gasteiger partial charge in [-0.3, -0.25) is 9.78 Å². The summed E-state index contributed by atoms with van der Waals surface area (Å²) in [7, 11) is 0. The number of carbonyl (C=O) groups is 1. The minimum atomic E-state index is -0.300. The first-order chi connectivity index (χ1) is 18.0. The first kappa shape index (κ1) is 25.2. The van der Waals surface area contributed by atoms with Crippen molar-refractivity contribution in [2.45, 2.75) is 32.9 Å². The van der Waals surface area contributed by atoms with Gasteiger partial charge in [0.05, 0.1) is 37.6 Å². The zero-order valence-corrected chi connectivity index (χ0v) is 22.3. The molecular formula is C28H33N5O3S. The van der Waals surface area contributed by atoms with Crippen LogP contribution in [0.2, 0.25) is 0 Å². The molecule has 0 spiro atoms. The maximum atomic E-state index is 12.5. The van der Waals surface area contributed by atoms with Crippen molar-refractivity contribution in [2.24, 2.45) is 0 Å². The van der Waals surface area contributed by atoms with Crippen LogP contribution < -0.4 is 10.2 Å². The van der Waals surface area contributed by atoms with Gasteiger partial charge in [-0.15, -0.1) is 0 Å². The van der Waals surface area contributed by atoms with Crippen molar-refractivity contribution < 1.29 is 14.3 Å². The van der Waals surface area contributed by atoms with E-state index in [0.717, 1.165) is 54.6 Å². The molecule has 0 radical (unpaired) electrons. The molecule has 5 rings (SSSR count). The van der Waals surface area contributed by atoms with Gasteiger partial charge in [0, 0.05) is 42.0 Å². The number of hydrogen-bond acceptors (Lipinski definition) is 6. The van der Waals surface area contributed by atoms with Crippen molar-refractivity contribution in [1.29, 1.82) is 0 Å². The van der Waals surface area contributed by atoms with Crippen molar-refractivity contribution in [1.82, 2.24) is 19.8 Å². The normalized spacial score (nSPS) is 19.7. The Morgan fingerprint density at radius 3 is 2.54 bits per heavy atom. The first-order valence-corrected chi connectivity index (χ1v) is 13.1. The maximum Gasteiger partial charge on any atom is 0.325 e. The van der Waals surface area contributed by atoms with Gasteiger partial charge in [0.25, 0.3) is 0 Å². The molecule has 2 aliphatic rings. The van der Waals surface area contributed by atoms with Gasteiger partial charge < -0.3 is 29.2 Å². The highest BCUT2D eigenvalue weighted by atomic mass is 32.1. The molecule has 2 atom stereocenters. The lowest BCUT2D eigenvalue weighted by molar-refractivity contribution is -0.143. The third kappa shape index (κ3) is 5.06. The second kappa shape index (κ2) is 10.9. The van der Waals surface area contributed by atoms with Crippen LogP contribution in [0.25, 0.3) is 5.69 Å². The Labute approximate surface area is 223 Å². The topological polar surface area (TPSA) is 71.9 Å². The third-order valence-corrected chi connectivity index (χ3v) is 7.43. The molecule has 0 unspecified atom stereocenters. The zero-order chi connectivity index (χ0) is 25.9. The SMILES string of the molecule is CCOC(=O)CN1C(=S)N[C@@H](c2ccccn2)[C@@H]1c1cc(C)n(-c2ccc(N3CCOCC3)cc2)c1C. The van der Waals surface area contributed by atoms with E-state index in [1.54, 1.807) is 6.20 Å². The number of pyridine rings is 1. The lowest BCUT2D eigenvalue weighted by atomic mass is 9.97. The summed E-state index contributed by atoms with van der Waals surface area (Å²) in [6.07, 6.45) is 1.78. The number of rotatable bonds is 7. The molecule has 2 aromatic heterocycles. The quantitative estimate of drug-likeness (QED) is 0.373. The lowest BCUT2D eigenvalue weighted by Gasteiger charge is -2.29. The number of nitrogens with zero attached hydrogens (tertiary/aromatic N) is 4. The smallest absolute Gasteiger partial charge is 0.325 e. The van der Waals surface area contributed by atoms with E-state index in [-0.39, 0.29) is 24.6 Å².